The largest absolute Gasteiger partial charge is 0.487 e. The molecule has 0 radical (unpaired) electrons. The quantitative estimate of drug-likeness (QED) is 0.724. The average Bonchev–Trinajstić information content (AvgIpc) is 2.64. The zero-order chi connectivity index (χ0) is 20.5. The molecule has 2 heterocycles. The Morgan fingerprint density at radius 2 is 1.89 bits per heavy atom. The van der Waals surface area contributed by atoms with Gasteiger partial charge < -0.3 is 14.9 Å². The van der Waals surface area contributed by atoms with Crippen LogP contribution in [-0.4, -0.2) is 84.6 Å². The minimum Gasteiger partial charge on any atom is -0.487 e. The highest BCUT2D eigenvalue weighted by Gasteiger charge is 2.44. The van der Waals surface area contributed by atoms with E-state index in [0.717, 1.165) is 18.2 Å². The number of benzene rings is 1. The highest BCUT2D eigenvalue weighted by molar-refractivity contribution is 7.88. The van der Waals surface area contributed by atoms with E-state index in [1.165, 1.54) is 10.6 Å². The predicted molar refractivity (Wildman–Crippen MR) is 98.4 cm³/mol. The second kappa shape index (κ2) is 8.19. The predicted octanol–water partition coefficient (Wildman–Crippen LogP) is 0.565. The zero-order valence-electron chi connectivity index (χ0n) is 15.7. The molecule has 0 unspecified atom stereocenters. The standard InChI is InChI=1S/C18H26F2N2O5S/c1-28(25,26)22-8-4-14(5-9-22)21-7-6-17(23)18(24,11-21)12-27-16-10-13(19)2-3-15(16)20/h2-3,10,14,17,23-24H,4-9,11-12H2,1H3/t17-,18-/m0/s1. The summed E-state index contributed by atoms with van der Waals surface area (Å²) >= 11 is 0. The number of piperidine rings is 2. The van der Waals surface area contributed by atoms with Crippen LogP contribution in [-0.2, 0) is 10.0 Å². The van der Waals surface area contributed by atoms with Gasteiger partial charge in [0, 0.05) is 38.3 Å². The van der Waals surface area contributed by atoms with Gasteiger partial charge in [-0.1, -0.05) is 0 Å². The fraction of sp³-hybridized carbons (Fsp3) is 0.667. The molecular formula is C18H26F2N2O5S. The van der Waals surface area contributed by atoms with E-state index in [9.17, 15) is 27.4 Å². The molecule has 0 amide bonds. The van der Waals surface area contributed by atoms with Gasteiger partial charge in [-0.25, -0.2) is 21.5 Å². The van der Waals surface area contributed by atoms with Crippen molar-refractivity contribution in [3.8, 4) is 5.75 Å². The van der Waals surface area contributed by atoms with Crippen molar-refractivity contribution in [2.45, 2.75) is 37.0 Å². The van der Waals surface area contributed by atoms with Crippen LogP contribution in [0.2, 0.25) is 0 Å². The van der Waals surface area contributed by atoms with Crippen LogP contribution >= 0.6 is 0 Å². The summed E-state index contributed by atoms with van der Waals surface area (Å²) in [6.45, 7) is 1.10. The van der Waals surface area contributed by atoms with Crippen LogP contribution in [0.3, 0.4) is 0 Å². The first kappa shape index (κ1) is 21.4. The second-order valence-corrected chi connectivity index (χ2v) is 9.62. The van der Waals surface area contributed by atoms with E-state index >= 15 is 0 Å². The summed E-state index contributed by atoms with van der Waals surface area (Å²) in [5.41, 5.74) is -1.63. The Morgan fingerprint density at radius 1 is 1.21 bits per heavy atom. The molecule has 2 saturated heterocycles. The maximum atomic E-state index is 13.7. The van der Waals surface area contributed by atoms with Gasteiger partial charge in [0.15, 0.2) is 11.6 Å². The van der Waals surface area contributed by atoms with Gasteiger partial charge in [-0.2, -0.15) is 0 Å². The van der Waals surface area contributed by atoms with Gasteiger partial charge in [-0.3, -0.25) is 4.90 Å². The molecule has 2 aliphatic rings. The van der Waals surface area contributed by atoms with Crippen molar-refractivity contribution in [1.82, 2.24) is 9.21 Å². The Kier molecular flexibility index (Phi) is 6.26. The molecule has 3 rings (SSSR count). The molecule has 2 aliphatic heterocycles. The first-order chi connectivity index (χ1) is 13.1. The number of halogens is 2. The molecule has 2 fully saturated rings. The van der Waals surface area contributed by atoms with Crippen molar-refractivity contribution >= 4 is 10.0 Å². The molecule has 0 bridgehead atoms. The molecule has 0 aliphatic carbocycles. The Bertz CT molecular complexity index is 801. The molecule has 10 heteroatoms. The van der Waals surface area contributed by atoms with Crippen LogP contribution in [0.4, 0.5) is 8.78 Å². The summed E-state index contributed by atoms with van der Waals surface area (Å²) in [6.07, 6.45) is 1.68. The van der Waals surface area contributed by atoms with Crippen molar-refractivity contribution in [3.63, 3.8) is 0 Å². The van der Waals surface area contributed by atoms with Gasteiger partial charge in [-0.05, 0) is 31.4 Å². The monoisotopic (exact) mass is 420 g/mol. The first-order valence-electron chi connectivity index (χ1n) is 9.26. The van der Waals surface area contributed by atoms with Crippen LogP contribution in [0.25, 0.3) is 0 Å². The third-order valence-corrected chi connectivity index (χ3v) is 6.87. The maximum Gasteiger partial charge on any atom is 0.211 e. The number of aliphatic hydroxyl groups is 2. The molecule has 2 atom stereocenters. The van der Waals surface area contributed by atoms with Crippen molar-refractivity contribution in [3.05, 3.63) is 29.8 Å². The van der Waals surface area contributed by atoms with E-state index < -0.39 is 33.4 Å². The van der Waals surface area contributed by atoms with Gasteiger partial charge in [0.05, 0.1) is 12.4 Å². The second-order valence-electron chi connectivity index (χ2n) is 7.64. The van der Waals surface area contributed by atoms with Crippen molar-refractivity contribution in [2.24, 2.45) is 0 Å². The van der Waals surface area contributed by atoms with Crippen molar-refractivity contribution < 1.29 is 32.1 Å². The van der Waals surface area contributed by atoms with E-state index in [1.807, 2.05) is 4.90 Å². The van der Waals surface area contributed by atoms with Crippen LogP contribution in [0.5, 0.6) is 5.75 Å². The number of sulfonamides is 1. The Balaban J connectivity index is 1.63. The summed E-state index contributed by atoms with van der Waals surface area (Å²) < 4.78 is 57.1. The Hall–Kier alpha value is -1.33. The molecule has 1 aromatic rings. The summed E-state index contributed by atoms with van der Waals surface area (Å²) in [7, 11) is -3.22. The van der Waals surface area contributed by atoms with Crippen molar-refractivity contribution in [2.75, 3.05) is 39.0 Å². The van der Waals surface area contributed by atoms with Gasteiger partial charge in [0.1, 0.15) is 18.0 Å². The number of nitrogens with zero attached hydrogens (tertiary/aromatic N) is 2. The van der Waals surface area contributed by atoms with E-state index in [4.69, 9.17) is 4.74 Å². The lowest BCUT2D eigenvalue weighted by molar-refractivity contribution is -0.147. The number of hydrogen-bond acceptors (Lipinski definition) is 6. The molecule has 158 valence electrons. The normalized spacial score (nSPS) is 28.4. The van der Waals surface area contributed by atoms with Gasteiger partial charge in [0.25, 0.3) is 0 Å². The van der Waals surface area contributed by atoms with Crippen LogP contribution in [0, 0.1) is 11.6 Å². The minimum atomic E-state index is -3.22. The topological polar surface area (TPSA) is 90.3 Å². The Labute approximate surface area is 163 Å². The summed E-state index contributed by atoms with van der Waals surface area (Å²) in [5.74, 6) is -1.73. The number of rotatable bonds is 5. The van der Waals surface area contributed by atoms with Gasteiger partial charge >= 0.3 is 0 Å². The number of ether oxygens (including phenoxy) is 1. The molecule has 0 spiro atoms. The number of aliphatic hydroxyl groups excluding tert-OH is 1. The minimum absolute atomic E-state index is 0.0722. The van der Waals surface area contributed by atoms with Crippen molar-refractivity contribution in [1.29, 1.82) is 0 Å². The van der Waals surface area contributed by atoms with Crippen LogP contribution in [0.15, 0.2) is 18.2 Å². The lowest BCUT2D eigenvalue weighted by Crippen LogP contribution is -2.62. The zero-order valence-corrected chi connectivity index (χ0v) is 16.5. The SMILES string of the molecule is CS(=O)(=O)N1CCC(N2CC[C@H](O)[C@@](O)(COc3cc(F)ccc3F)C2)CC1. The Morgan fingerprint density at radius 3 is 2.54 bits per heavy atom. The molecular weight excluding hydrogens is 394 g/mol. The summed E-state index contributed by atoms with van der Waals surface area (Å²) in [5, 5.41) is 21.2. The number of likely N-dealkylation sites (tertiary alicyclic amines) is 1. The molecule has 0 aromatic heterocycles. The van der Waals surface area contributed by atoms with Crippen LogP contribution in [0.1, 0.15) is 19.3 Å². The maximum absolute atomic E-state index is 13.7. The lowest BCUT2D eigenvalue weighted by Gasteiger charge is -2.47. The third kappa shape index (κ3) is 4.80. The molecule has 28 heavy (non-hydrogen) atoms. The highest BCUT2D eigenvalue weighted by atomic mass is 32.2. The van der Waals surface area contributed by atoms with Gasteiger partial charge in [0.2, 0.25) is 10.0 Å². The third-order valence-electron chi connectivity index (χ3n) is 5.57. The smallest absolute Gasteiger partial charge is 0.211 e. The molecule has 7 nitrogen and oxygen atoms in total. The van der Waals surface area contributed by atoms with E-state index in [2.05, 4.69) is 0 Å². The number of β-amino-alcohol motifs (C(OH)–C–C–N with tert-alkyl or cyclic N) is 1. The lowest BCUT2D eigenvalue weighted by atomic mass is 9.88. The average molecular weight is 420 g/mol. The first-order valence-corrected chi connectivity index (χ1v) is 11.1. The number of hydrogen-bond donors (Lipinski definition) is 2. The van der Waals surface area contributed by atoms with E-state index in [0.29, 0.717) is 38.9 Å². The fourth-order valence-electron chi connectivity index (χ4n) is 3.88. The van der Waals surface area contributed by atoms with Crippen LogP contribution < -0.4 is 4.74 Å². The molecule has 1 aromatic carbocycles. The summed E-state index contributed by atoms with van der Waals surface area (Å²) in [4.78, 5) is 2.01. The molecule has 2 N–H and O–H groups in total. The summed E-state index contributed by atoms with van der Waals surface area (Å²) in [6, 6.07) is 2.88. The van der Waals surface area contributed by atoms with E-state index in [-0.39, 0.29) is 24.9 Å². The van der Waals surface area contributed by atoms with E-state index in [1.54, 1.807) is 0 Å². The van der Waals surface area contributed by atoms with Gasteiger partial charge in [-0.15, -0.1) is 0 Å². The molecule has 0 saturated carbocycles. The highest BCUT2D eigenvalue weighted by Crippen LogP contribution is 2.29. The fourth-order valence-corrected chi connectivity index (χ4v) is 4.75.